The number of fused-ring (bicyclic) bond motifs is 3. The van der Waals surface area contributed by atoms with E-state index in [1.807, 2.05) is 30.3 Å². The molecule has 0 aliphatic carbocycles. The molecule has 2 heteroatoms. The van der Waals surface area contributed by atoms with Gasteiger partial charge in [0.2, 0.25) is 0 Å². The molecule has 0 radical (unpaired) electrons. The van der Waals surface area contributed by atoms with Crippen LogP contribution < -0.4 is 0 Å². The highest BCUT2D eigenvalue weighted by Crippen LogP contribution is 2.38. The molecule has 2 nitrogen and oxygen atoms in total. The van der Waals surface area contributed by atoms with E-state index in [4.69, 9.17) is 0 Å². The van der Waals surface area contributed by atoms with Crippen molar-refractivity contribution in [2.24, 2.45) is 0 Å². The molecular formula is C24H26NO+. The largest absolute Gasteiger partial charge is 0.382 e. The molecule has 1 N–H and O–H groups in total. The van der Waals surface area contributed by atoms with E-state index >= 15 is 0 Å². The molecule has 0 aromatic heterocycles. The van der Waals surface area contributed by atoms with Crippen molar-refractivity contribution in [3.05, 3.63) is 95.6 Å². The predicted octanol–water partition coefficient (Wildman–Crippen LogP) is 4.94. The minimum Gasteiger partial charge on any atom is -0.382 e. The highest BCUT2D eigenvalue weighted by molar-refractivity contribution is 5.71. The van der Waals surface area contributed by atoms with Crippen molar-refractivity contribution in [2.75, 3.05) is 7.05 Å². The number of rotatable bonds is 3. The number of aliphatic hydroxyl groups is 1. The molecule has 0 saturated heterocycles. The lowest BCUT2D eigenvalue weighted by Crippen LogP contribution is -2.51. The van der Waals surface area contributed by atoms with Crippen LogP contribution in [0.3, 0.4) is 0 Å². The highest BCUT2D eigenvalue weighted by atomic mass is 16.3. The van der Waals surface area contributed by atoms with Crippen molar-refractivity contribution in [1.82, 2.24) is 0 Å². The van der Waals surface area contributed by atoms with Crippen molar-refractivity contribution >= 4 is 0 Å². The summed E-state index contributed by atoms with van der Waals surface area (Å²) in [5, 5.41) is 11.1. The summed E-state index contributed by atoms with van der Waals surface area (Å²) in [6.07, 6.45) is -0.487. The summed E-state index contributed by atoms with van der Waals surface area (Å²) in [5.41, 5.74) is 6.35. The first-order valence-electron chi connectivity index (χ1n) is 9.32. The molecule has 3 aromatic rings. The monoisotopic (exact) mass is 344 g/mol. The van der Waals surface area contributed by atoms with Gasteiger partial charge in [0.1, 0.15) is 25.2 Å². The number of aliphatic hydroxyl groups excluding tert-OH is 1. The molecule has 0 fully saturated rings. The lowest BCUT2D eigenvalue weighted by Gasteiger charge is -2.41. The molecule has 0 unspecified atom stereocenters. The summed E-state index contributed by atoms with van der Waals surface area (Å²) in [6.45, 7) is 4.00. The van der Waals surface area contributed by atoms with Gasteiger partial charge in [0, 0.05) is 11.1 Å². The maximum absolute atomic E-state index is 11.1. The van der Waals surface area contributed by atoms with Crippen LogP contribution in [-0.2, 0) is 13.1 Å². The van der Waals surface area contributed by atoms with Gasteiger partial charge in [0.15, 0.2) is 0 Å². The topological polar surface area (TPSA) is 20.2 Å². The van der Waals surface area contributed by atoms with Crippen molar-refractivity contribution < 1.29 is 9.59 Å². The van der Waals surface area contributed by atoms with E-state index in [9.17, 15) is 5.11 Å². The third-order valence-electron chi connectivity index (χ3n) is 5.97. The molecule has 1 aliphatic heterocycles. The number of nitrogens with zero attached hydrogens (tertiary/aromatic N) is 1. The standard InChI is InChI=1S/C24H26NO/c1-18(24(26)19-10-4-3-5-11-19)25(2)16-20-12-6-8-14-22(20)23-15-9-7-13-21(23)17-25/h3-15,18,24,26H,16-17H2,1-2H3/q+1/t18-,24-/m1/s1. The number of likely N-dealkylation sites (N-methyl/N-ethyl adjacent to an activating group) is 1. The van der Waals surface area contributed by atoms with Gasteiger partial charge in [-0.1, -0.05) is 78.9 Å². The number of hydrogen-bond acceptors (Lipinski definition) is 1. The van der Waals surface area contributed by atoms with Crippen molar-refractivity contribution in [3.8, 4) is 11.1 Å². The fraction of sp³-hybridized carbons (Fsp3) is 0.250. The Morgan fingerprint density at radius 2 is 1.19 bits per heavy atom. The molecule has 0 spiro atoms. The van der Waals surface area contributed by atoms with Crippen molar-refractivity contribution in [3.63, 3.8) is 0 Å². The average Bonchev–Trinajstić information content (AvgIpc) is 2.81. The Hall–Kier alpha value is -2.42. The van der Waals surface area contributed by atoms with Gasteiger partial charge in [-0.15, -0.1) is 0 Å². The molecule has 4 rings (SSSR count). The first-order valence-corrected chi connectivity index (χ1v) is 9.32. The van der Waals surface area contributed by atoms with E-state index in [2.05, 4.69) is 62.5 Å². The fourth-order valence-electron chi connectivity index (χ4n) is 4.23. The van der Waals surface area contributed by atoms with E-state index in [0.29, 0.717) is 0 Å². The van der Waals surface area contributed by atoms with Crippen LogP contribution in [0, 0.1) is 0 Å². The van der Waals surface area contributed by atoms with Gasteiger partial charge in [0.25, 0.3) is 0 Å². The Morgan fingerprint density at radius 3 is 1.73 bits per heavy atom. The van der Waals surface area contributed by atoms with Crippen LogP contribution in [0.1, 0.15) is 29.7 Å². The fourth-order valence-corrected chi connectivity index (χ4v) is 4.23. The smallest absolute Gasteiger partial charge is 0.130 e. The summed E-state index contributed by atoms with van der Waals surface area (Å²) in [6, 6.07) is 27.5. The first kappa shape index (κ1) is 17.0. The molecule has 0 bridgehead atoms. The average molecular weight is 344 g/mol. The Kier molecular flexibility index (Phi) is 4.39. The second kappa shape index (κ2) is 6.71. The Morgan fingerprint density at radius 1 is 0.731 bits per heavy atom. The Labute approximate surface area is 155 Å². The maximum atomic E-state index is 11.1. The molecule has 2 atom stereocenters. The molecule has 0 saturated carbocycles. The van der Waals surface area contributed by atoms with Crippen molar-refractivity contribution in [1.29, 1.82) is 0 Å². The SMILES string of the molecule is C[C@H]([C@@H](O)c1ccccc1)[N+]1(C)Cc2ccccc2-c2ccccc2C1. The summed E-state index contributed by atoms with van der Waals surface area (Å²) in [5.74, 6) is 0. The third-order valence-corrected chi connectivity index (χ3v) is 5.97. The molecule has 3 aromatic carbocycles. The Balaban J connectivity index is 1.77. The van der Waals surface area contributed by atoms with Crippen LogP contribution in [0.2, 0.25) is 0 Å². The van der Waals surface area contributed by atoms with Gasteiger partial charge in [0.05, 0.1) is 7.05 Å². The van der Waals surface area contributed by atoms with Crippen LogP contribution in [0.5, 0.6) is 0 Å². The van der Waals surface area contributed by atoms with Crippen LogP contribution >= 0.6 is 0 Å². The molecule has 0 amide bonds. The minimum atomic E-state index is -0.487. The van der Waals surface area contributed by atoms with Gasteiger partial charge in [-0.2, -0.15) is 0 Å². The second-order valence-electron chi connectivity index (χ2n) is 7.71. The quantitative estimate of drug-likeness (QED) is 0.668. The second-order valence-corrected chi connectivity index (χ2v) is 7.71. The van der Waals surface area contributed by atoms with E-state index < -0.39 is 6.10 Å². The van der Waals surface area contributed by atoms with E-state index in [-0.39, 0.29) is 6.04 Å². The molecule has 1 aliphatic rings. The zero-order chi connectivity index (χ0) is 18.1. The van der Waals surface area contributed by atoms with Crippen molar-refractivity contribution in [2.45, 2.75) is 32.2 Å². The van der Waals surface area contributed by atoms with E-state index in [1.165, 1.54) is 22.3 Å². The third kappa shape index (κ3) is 2.96. The number of quaternary nitrogens is 1. The lowest BCUT2D eigenvalue weighted by molar-refractivity contribution is -0.960. The van der Waals surface area contributed by atoms with Crippen LogP contribution in [-0.4, -0.2) is 22.7 Å². The van der Waals surface area contributed by atoms with Crippen LogP contribution in [0.15, 0.2) is 78.9 Å². The summed E-state index contributed by atoms with van der Waals surface area (Å²) < 4.78 is 0.782. The lowest BCUT2D eigenvalue weighted by atomic mass is 9.97. The van der Waals surface area contributed by atoms with Gasteiger partial charge >= 0.3 is 0 Å². The highest BCUT2D eigenvalue weighted by Gasteiger charge is 2.38. The van der Waals surface area contributed by atoms with E-state index in [1.54, 1.807) is 0 Å². The summed E-state index contributed by atoms with van der Waals surface area (Å²) in [4.78, 5) is 0. The summed E-state index contributed by atoms with van der Waals surface area (Å²) in [7, 11) is 2.27. The first-order chi connectivity index (χ1) is 12.6. The molecule has 1 heterocycles. The van der Waals surface area contributed by atoms with E-state index in [0.717, 1.165) is 23.1 Å². The zero-order valence-corrected chi connectivity index (χ0v) is 15.5. The maximum Gasteiger partial charge on any atom is 0.130 e. The van der Waals surface area contributed by atoms with Crippen LogP contribution in [0.25, 0.3) is 11.1 Å². The van der Waals surface area contributed by atoms with Gasteiger partial charge in [-0.3, -0.25) is 0 Å². The van der Waals surface area contributed by atoms with Gasteiger partial charge in [-0.05, 0) is 23.6 Å². The molecule has 26 heavy (non-hydrogen) atoms. The van der Waals surface area contributed by atoms with Gasteiger partial charge in [-0.25, -0.2) is 0 Å². The number of hydrogen-bond donors (Lipinski definition) is 1. The zero-order valence-electron chi connectivity index (χ0n) is 15.5. The Bertz CT molecular complexity index is 855. The normalized spacial score (nSPS) is 17.5. The predicted molar refractivity (Wildman–Crippen MR) is 106 cm³/mol. The number of benzene rings is 3. The minimum absolute atomic E-state index is 0.0802. The molecular weight excluding hydrogens is 318 g/mol. The van der Waals surface area contributed by atoms with Crippen LogP contribution in [0.4, 0.5) is 0 Å². The molecule has 132 valence electrons. The summed E-state index contributed by atoms with van der Waals surface area (Å²) >= 11 is 0. The van der Waals surface area contributed by atoms with Gasteiger partial charge < -0.3 is 9.59 Å².